The second-order valence-corrected chi connectivity index (χ2v) is 8.01. The van der Waals surface area contributed by atoms with Gasteiger partial charge in [-0.1, -0.05) is 53.5 Å². The lowest BCUT2D eigenvalue weighted by atomic mass is 10.1. The SMILES string of the molecule is O=C(Cc1ccc(Cl)cc1)N1CCSC(c2ccccc2Cl)CC1. The molecule has 2 nitrogen and oxygen atoms in total. The lowest BCUT2D eigenvalue weighted by molar-refractivity contribution is -0.130. The quantitative estimate of drug-likeness (QED) is 0.726. The van der Waals surface area contributed by atoms with Gasteiger partial charge in [0.25, 0.3) is 0 Å². The average Bonchev–Trinajstić information content (AvgIpc) is 2.83. The van der Waals surface area contributed by atoms with Crippen molar-refractivity contribution in [2.24, 2.45) is 0 Å². The summed E-state index contributed by atoms with van der Waals surface area (Å²) in [5, 5.41) is 1.86. The number of halogens is 2. The zero-order chi connectivity index (χ0) is 16.9. The fraction of sp³-hybridized carbons (Fsp3) is 0.316. The van der Waals surface area contributed by atoms with Crippen LogP contribution in [-0.2, 0) is 11.2 Å². The molecule has 2 aromatic rings. The smallest absolute Gasteiger partial charge is 0.227 e. The highest BCUT2D eigenvalue weighted by molar-refractivity contribution is 7.99. The van der Waals surface area contributed by atoms with Gasteiger partial charge in [0, 0.05) is 34.1 Å². The standard InChI is InChI=1S/C19H19Cl2NOS/c20-15-7-5-14(6-8-15)13-19(23)22-10-9-18(24-12-11-22)16-3-1-2-4-17(16)21/h1-8,18H,9-13H2. The zero-order valence-corrected chi connectivity index (χ0v) is 15.6. The summed E-state index contributed by atoms with van der Waals surface area (Å²) in [6.45, 7) is 1.56. The van der Waals surface area contributed by atoms with Crippen LogP contribution in [0.2, 0.25) is 10.0 Å². The van der Waals surface area contributed by atoms with E-state index in [9.17, 15) is 4.79 Å². The molecule has 1 aliphatic heterocycles. The summed E-state index contributed by atoms with van der Waals surface area (Å²) in [5.41, 5.74) is 2.18. The minimum Gasteiger partial charge on any atom is -0.342 e. The molecule has 1 aliphatic rings. The maximum absolute atomic E-state index is 12.6. The molecule has 5 heteroatoms. The Morgan fingerprint density at radius 3 is 2.58 bits per heavy atom. The summed E-state index contributed by atoms with van der Waals surface area (Å²) in [7, 11) is 0. The Hall–Kier alpha value is -1.16. The number of hydrogen-bond donors (Lipinski definition) is 0. The van der Waals surface area contributed by atoms with Crippen molar-refractivity contribution in [3.05, 3.63) is 69.7 Å². The molecule has 0 aromatic heterocycles. The van der Waals surface area contributed by atoms with Crippen molar-refractivity contribution in [2.75, 3.05) is 18.8 Å². The van der Waals surface area contributed by atoms with E-state index < -0.39 is 0 Å². The number of thioether (sulfide) groups is 1. The number of carbonyl (C=O) groups is 1. The molecule has 0 aliphatic carbocycles. The van der Waals surface area contributed by atoms with Gasteiger partial charge >= 0.3 is 0 Å². The molecule has 1 unspecified atom stereocenters. The van der Waals surface area contributed by atoms with E-state index in [0.717, 1.165) is 35.8 Å². The van der Waals surface area contributed by atoms with Gasteiger partial charge in [-0.15, -0.1) is 0 Å². The van der Waals surface area contributed by atoms with Gasteiger partial charge in [0.15, 0.2) is 0 Å². The van der Waals surface area contributed by atoms with Crippen LogP contribution in [0.25, 0.3) is 0 Å². The van der Waals surface area contributed by atoms with Crippen molar-refractivity contribution in [2.45, 2.75) is 18.1 Å². The lowest BCUT2D eigenvalue weighted by Gasteiger charge is -2.20. The molecule has 1 amide bonds. The third-order valence-corrected chi connectivity index (χ3v) is 6.12. The van der Waals surface area contributed by atoms with Gasteiger partial charge in [0.2, 0.25) is 5.91 Å². The van der Waals surface area contributed by atoms with E-state index in [0.29, 0.717) is 16.7 Å². The number of benzene rings is 2. The molecule has 1 saturated heterocycles. The van der Waals surface area contributed by atoms with Gasteiger partial charge in [0.1, 0.15) is 0 Å². The Bertz CT molecular complexity index is 705. The van der Waals surface area contributed by atoms with Gasteiger partial charge in [0.05, 0.1) is 6.42 Å². The third kappa shape index (κ3) is 4.47. The molecule has 1 fully saturated rings. The molecule has 3 rings (SSSR count). The van der Waals surface area contributed by atoms with Gasteiger partial charge < -0.3 is 4.90 Å². The zero-order valence-electron chi connectivity index (χ0n) is 13.3. The van der Waals surface area contributed by atoms with E-state index in [-0.39, 0.29) is 5.91 Å². The minimum absolute atomic E-state index is 0.178. The molecule has 0 radical (unpaired) electrons. The summed E-state index contributed by atoms with van der Waals surface area (Å²) in [6, 6.07) is 15.5. The van der Waals surface area contributed by atoms with Crippen LogP contribution in [0.1, 0.15) is 22.8 Å². The lowest BCUT2D eigenvalue weighted by Crippen LogP contribution is -2.34. The Morgan fingerprint density at radius 1 is 1.08 bits per heavy atom. The van der Waals surface area contributed by atoms with Crippen LogP contribution in [0.5, 0.6) is 0 Å². The van der Waals surface area contributed by atoms with Crippen molar-refractivity contribution in [1.29, 1.82) is 0 Å². The summed E-state index contributed by atoms with van der Waals surface area (Å²) < 4.78 is 0. The van der Waals surface area contributed by atoms with Gasteiger partial charge in [-0.05, 0) is 35.7 Å². The largest absolute Gasteiger partial charge is 0.342 e. The van der Waals surface area contributed by atoms with Gasteiger partial charge in [-0.25, -0.2) is 0 Å². The summed E-state index contributed by atoms with van der Waals surface area (Å²) in [5.74, 6) is 1.11. The second-order valence-electron chi connectivity index (χ2n) is 5.85. The molecule has 126 valence electrons. The molecule has 1 heterocycles. The maximum atomic E-state index is 12.6. The molecule has 1 atom stereocenters. The van der Waals surface area contributed by atoms with E-state index in [2.05, 4.69) is 6.07 Å². The third-order valence-electron chi connectivity index (χ3n) is 4.21. The maximum Gasteiger partial charge on any atom is 0.227 e. The normalized spacial score (nSPS) is 18.2. The fourth-order valence-electron chi connectivity index (χ4n) is 2.89. The Balaban J connectivity index is 1.61. The molecular weight excluding hydrogens is 361 g/mol. The number of nitrogens with zero attached hydrogens (tertiary/aromatic N) is 1. The van der Waals surface area contributed by atoms with Crippen molar-refractivity contribution in [3.8, 4) is 0 Å². The molecule has 0 N–H and O–H groups in total. The first kappa shape index (κ1) is 17.7. The van der Waals surface area contributed by atoms with Crippen LogP contribution < -0.4 is 0 Å². The Morgan fingerprint density at radius 2 is 1.83 bits per heavy atom. The highest BCUT2D eigenvalue weighted by Gasteiger charge is 2.23. The first-order valence-electron chi connectivity index (χ1n) is 8.02. The Kier molecular flexibility index (Phi) is 6.09. The highest BCUT2D eigenvalue weighted by atomic mass is 35.5. The number of amides is 1. The van der Waals surface area contributed by atoms with Crippen molar-refractivity contribution >= 4 is 40.9 Å². The van der Waals surface area contributed by atoms with E-state index in [1.807, 2.05) is 59.1 Å². The van der Waals surface area contributed by atoms with Gasteiger partial charge in [-0.2, -0.15) is 11.8 Å². The minimum atomic E-state index is 0.178. The van der Waals surface area contributed by atoms with Crippen molar-refractivity contribution in [1.82, 2.24) is 4.90 Å². The fourth-order valence-corrected chi connectivity index (χ4v) is 4.62. The van der Waals surface area contributed by atoms with E-state index in [1.165, 1.54) is 5.56 Å². The van der Waals surface area contributed by atoms with E-state index in [4.69, 9.17) is 23.2 Å². The van der Waals surface area contributed by atoms with Gasteiger partial charge in [-0.3, -0.25) is 4.79 Å². The van der Waals surface area contributed by atoms with Crippen LogP contribution in [0, 0.1) is 0 Å². The molecule has 0 spiro atoms. The predicted octanol–water partition coefficient (Wildman–Crippen LogP) is 5.24. The van der Waals surface area contributed by atoms with Crippen LogP contribution in [-0.4, -0.2) is 29.6 Å². The van der Waals surface area contributed by atoms with Crippen molar-refractivity contribution < 1.29 is 4.79 Å². The number of rotatable bonds is 3. The average molecular weight is 380 g/mol. The first-order chi connectivity index (χ1) is 11.6. The van der Waals surface area contributed by atoms with E-state index in [1.54, 1.807) is 0 Å². The summed E-state index contributed by atoms with van der Waals surface area (Å²) >= 11 is 14.1. The predicted molar refractivity (Wildman–Crippen MR) is 103 cm³/mol. The topological polar surface area (TPSA) is 20.3 Å². The number of hydrogen-bond acceptors (Lipinski definition) is 2. The van der Waals surface area contributed by atoms with Crippen LogP contribution >= 0.6 is 35.0 Å². The molecule has 0 bridgehead atoms. The van der Waals surface area contributed by atoms with E-state index >= 15 is 0 Å². The monoisotopic (exact) mass is 379 g/mol. The van der Waals surface area contributed by atoms with Crippen LogP contribution in [0.4, 0.5) is 0 Å². The molecule has 24 heavy (non-hydrogen) atoms. The van der Waals surface area contributed by atoms with Crippen LogP contribution in [0.15, 0.2) is 48.5 Å². The van der Waals surface area contributed by atoms with Crippen LogP contribution in [0.3, 0.4) is 0 Å². The molecular formula is C19H19Cl2NOS. The Labute approximate surface area is 157 Å². The second kappa shape index (κ2) is 8.28. The first-order valence-corrected chi connectivity index (χ1v) is 9.82. The summed E-state index contributed by atoms with van der Waals surface area (Å²) in [4.78, 5) is 14.5. The molecule has 2 aromatic carbocycles. The van der Waals surface area contributed by atoms with Crippen molar-refractivity contribution in [3.63, 3.8) is 0 Å². The number of carbonyl (C=O) groups excluding carboxylic acids is 1. The summed E-state index contributed by atoms with van der Waals surface area (Å²) in [6.07, 6.45) is 1.36. The highest BCUT2D eigenvalue weighted by Crippen LogP contribution is 2.37. The molecule has 0 saturated carbocycles.